The summed E-state index contributed by atoms with van der Waals surface area (Å²) < 4.78 is 13.6. The molecule has 2 fully saturated rings. The number of piperidine rings is 1. The van der Waals surface area contributed by atoms with Gasteiger partial charge in [-0.2, -0.15) is 0 Å². The normalized spacial score (nSPS) is 19.2. The van der Waals surface area contributed by atoms with Crippen LogP contribution in [0.25, 0.3) is 0 Å². The average molecular weight is 350 g/mol. The van der Waals surface area contributed by atoms with Crippen molar-refractivity contribution in [3.05, 3.63) is 35.6 Å². The van der Waals surface area contributed by atoms with E-state index in [1.807, 2.05) is 0 Å². The number of carbonyl (C=O) groups is 3. The van der Waals surface area contributed by atoms with Gasteiger partial charge in [-0.1, -0.05) is 30.0 Å². The third kappa shape index (κ3) is 3.61. The Morgan fingerprint density at radius 2 is 1.92 bits per heavy atom. The lowest BCUT2D eigenvalue weighted by atomic mass is 10.0. The van der Waals surface area contributed by atoms with Crippen LogP contribution in [0.1, 0.15) is 24.8 Å². The molecule has 128 valence electrons. The van der Waals surface area contributed by atoms with E-state index in [2.05, 4.69) is 0 Å². The first-order chi connectivity index (χ1) is 11.6. The van der Waals surface area contributed by atoms with E-state index in [9.17, 15) is 18.8 Å². The van der Waals surface area contributed by atoms with E-state index >= 15 is 0 Å². The molecule has 7 heteroatoms. The zero-order valence-electron chi connectivity index (χ0n) is 13.2. The van der Waals surface area contributed by atoms with Crippen molar-refractivity contribution in [1.29, 1.82) is 0 Å². The lowest BCUT2D eigenvalue weighted by Crippen LogP contribution is -2.48. The molecule has 2 aliphatic heterocycles. The highest BCUT2D eigenvalue weighted by atomic mass is 32.2. The van der Waals surface area contributed by atoms with Gasteiger partial charge in [0.2, 0.25) is 11.8 Å². The molecule has 0 saturated carbocycles. The van der Waals surface area contributed by atoms with Crippen LogP contribution in [0.15, 0.2) is 24.3 Å². The molecule has 0 radical (unpaired) electrons. The second-order valence-corrected chi connectivity index (χ2v) is 6.95. The summed E-state index contributed by atoms with van der Waals surface area (Å²) in [5.74, 6) is -0.201. The number of rotatable bonds is 4. The van der Waals surface area contributed by atoms with Crippen molar-refractivity contribution in [2.75, 3.05) is 18.8 Å². The highest BCUT2D eigenvalue weighted by Gasteiger charge is 2.37. The van der Waals surface area contributed by atoms with Crippen LogP contribution in [0.5, 0.6) is 0 Å². The zero-order valence-corrected chi connectivity index (χ0v) is 14.1. The number of thioether (sulfide) groups is 1. The summed E-state index contributed by atoms with van der Waals surface area (Å²) in [5, 5.41) is -0.177. The van der Waals surface area contributed by atoms with Gasteiger partial charge in [0.15, 0.2) is 0 Å². The highest BCUT2D eigenvalue weighted by Crippen LogP contribution is 2.27. The van der Waals surface area contributed by atoms with Gasteiger partial charge in [0, 0.05) is 25.6 Å². The van der Waals surface area contributed by atoms with Gasteiger partial charge < -0.3 is 4.90 Å². The molecule has 3 rings (SSSR count). The summed E-state index contributed by atoms with van der Waals surface area (Å²) in [4.78, 5) is 38.9. The van der Waals surface area contributed by atoms with E-state index in [-0.39, 0.29) is 41.1 Å². The highest BCUT2D eigenvalue weighted by molar-refractivity contribution is 8.14. The van der Waals surface area contributed by atoms with Crippen LogP contribution in [0, 0.1) is 5.82 Å². The molecule has 0 N–H and O–H groups in total. The summed E-state index contributed by atoms with van der Waals surface area (Å²) in [6.07, 6.45) is 1.88. The molecule has 0 unspecified atom stereocenters. The second kappa shape index (κ2) is 7.34. The van der Waals surface area contributed by atoms with Crippen molar-refractivity contribution in [3.8, 4) is 0 Å². The van der Waals surface area contributed by atoms with Gasteiger partial charge in [-0.3, -0.25) is 19.3 Å². The summed E-state index contributed by atoms with van der Waals surface area (Å²) in [7, 11) is 0. The van der Waals surface area contributed by atoms with Crippen LogP contribution in [0.3, 0.4) is 0 Å². The third-order valence-electron chi connectivity index (χ3n) is 4.53. The maximum Gasteiger partial charge on any atom is 0.289 e. The molecule has 3 amide bonds. The van der Waals surface area contributed by atoms with Crippen molar-refractivity contribution in [2.45, 2.75) is 31.7 Å². The number of halogens is 1. The minimum atomic E-state index is -0.285. The molecule has 2 saturated heterocycles. The maximum atomic E-state index is 13.6. The number of imide groups is 1. The molecule has 0 aliphatic carbocycles. The predicted molar refractivity (Wildman–Crippen MR) is 89.0 cm³/mol. The van der Waals surface area contributed by atoms with Crippen LogP contribution in [-0.2, 0) is 16.0 Å². The molecular weight excluding hydrogens is 331 g/mol. The fourth-order valence-electron chi connectivity index (χ4n) is 3.19. The number of amides is 3. The first kappa shape index (κ1) is 17.0. The van der Waals surface area contributed by atoms with Crippen LogP contribution in [-0.4, -0.2) is 51.7 Å². The number of aryl methyl sites for hydroxylation is 1. The molecule has 1 aromatic carbocycles. The quantitative estimate of drug-likeness (QED) is 0.837. The van der Waals surface area contributed by atoms with Gasteiger partial charge in [-0.05, 0) is 30.9 Å². The number of nitrogens with zero attached hydrogens (tertiary/aromatic N) is 2. The minimum Gasteiger partial charge on any atom is -0.343 e. The van der Waals surface area contributed by atoms with E-state index in [1.165, 1.54) is 11.0 Å². The number of likely N-dealkylation sites (tertiary alicyclic amines) is 1. The molecule has 1 aromatic rings. The van der Waals surface area contributed by atoms with Gasteiger partial charge in [-0.25, -0.2) is 4.39 Å². The summed E-state index contributed by atoms with van der Waals surface area (Å²) >= 11 is 1.04. The van der Waals surface area contributed by atoms with Crippen molar-refractivity contribution < 1.29 is 18.8 Å². The van der Waals surface area contributed by atoms with E-state index in [1.54, 1.807) is 23.1 Å². The standard InChI is InChI=1S/C17H19FN2O3S/c18-14-4-2-1-3-12(14)5-6-15(21)19-9-7-13(8-10-19)20-16(22)11-24-17(20)23/h1-4,13H,5-11H2. The SMILES string of the molecule is O=C(CCc1ccccc1F)N1CCC(N2C(=O)CSC2=O)CC1. The Morgan fingerprint density at radius 1 is 1.21 bits per heavy atom. The van der Waals surface area contributed by atoms with Gasteiger partial charge in [0.25, 0.3) is 5.24 Å². The summed E-state index contributed by atoms with van der Waals surface area (Å²) in [6.45, 7) is 1.06. The van der Waals surface area contributed by atoms with E-state index < -0.39 is 0 Å². The molecule has 2 heterocycles. The second-order valence-electron chi connectivity index (χ2n) is 6.02. The topological polar surface area (TPSA) is 57.7 Å². The van der Waals surface area contributed by atoms with Crippen molar-refractivity contribution in [2.24, 2.45) is 0 Å². The Hall–Kier alpha value is -1.89. The Labute approximate surface area is 144 Å². The van der Waals surface area contributed by atoms with E-state index in [0.29, 0.717) is 37.9 Å². The average Bonchev–Trinajstić information content (AvgIpc) is 2.93. The number of carbonyl (C=O) groups excluding carboxylic acids is 3. The lowest BCUT2D eigenvalue weighted by molar-refractivity contribution is -0.133. The van der Waals surface area contributed by atoms with Crippen molar-refractivity contribution in [1.82, 2.24) is 9.80 Å². The van der Waals surface area contributed by atoms with E-state index in [0.717, 1.165) is 11.8 Å². The minimum absolute atomic E-state index is 0.00912. The smallest absolute Gasteiger partial charge is 0.289 e. The molecule has 0 atom stereocenters. The first-order valence-electron chi connectivity index (χ1n) is 8.06. The van der Waals surface area contributed by atoms with Crippen LogP contribution < -0.4 is 0 Å². The Morgan fingerprint density at radius 3 is 2.54 bits per heavy atom. The Balaban J connectivity index is 1.49. The molecule has 0 aromatic heterocycles. The summed E-state index contributed by atoms with van der Waals surface area (Å²) in [5.41, 5.74) is 0.547. The van der Waals surface area contributed by atoms with Crippen LogP contribution >= 0.6 is 11.8 Å². The Bertz CT molecular complexity index is 643. The lowest BCUT2D eigenvalue weighted by Gasteiger charge is -2.35. The van der Waals surface area contributed by atoms with E-state index in [4.69, 9.17) is 0 Å². The van der Waals surface area contributed by atoms with Crippen molar-refractivity contribution in [3.63, 3.8) is 0 Å². The van der Waals surface area contributed by atoms with Gasteiger partial charge in [0.1, 0.15) is 5.82 Å². The number of hydrogen-bond donors (Lipinski definition) is 0. The monoisotopic (exact) mass is 350 g/mol. The predicted octanol–water partition coefficient (Wildman–Crippen LogP) is 2.44. The fraction of sp³-hybridized carbons (Fsp3) is 0.471. The van der Waals surface area contributed by atoms with Gasteiger partial charge >= 0.3 is 0 Å². The largest absolute Gasteiger partial charge is 0.343 e. The molecule has 0 spiro atoms. The third-order valence-corrected chi connectivity index (χ3v) is 5.37. The number of hydrogen-bond acceptors (Lipinski definition) is 4. The molecule has 24 heavy (non-hydrogen) atoms. The first-order valence-corrected chi connectivity index (χ1v) is 9.05. The van der Waals surface area contributed by atoms with Crippen LogP contribution in [0.4, 0.5) is 9.18 Å². The number of benzene rings is 1. The maximum absolute atomic E-state index is 13.6. The van der Waals surface area contributed by atoms with Gasteiger partial charge in [0.05, 0.1) is 5.75 Å². The fourth-order valence-corrected chi connectivity index (χ4v) is 3.97. The van der Waals surface area contributed by atoms with Gasteiger partial charge in [-0.15, -0.1) is 0 Å². The molecule has 2 aliphatic rings. The molecule has 0 bridgehead atoms. The summed E-state index contributed by atoms with van der Waals surface area (Å²) in [6, 6.07) is 6.38. The van der Waals surface area contributed by atoms with Crippen molar-refractivity contribution >= 4 is 28.8 Å². The molecule has 5 nitrogen and oxygen atoms in total. The Kier molecular flexibility index (Phi) is 5.18. The zero-order chi connectivity index (χ0) is 17.1. The van der Waals surface area contributed by atoms with Crippen LogP contribution in [0.2, 0.25) is 0 Å². The molecular formula is C17H19FN2O3S.